The van der Waals surface area contributed by atoms with Crippen LogP contribution in [0.25, 0.3) is 0 Å². The molecule has 0 radical (unpaired) electrons. The summed E-state index contributed by atoms with van der Waals surface area (Å²) in [4.78, 5) is 11.4. The molecule has 1 saturated carbocycles. The van der Waals surface area contributed by atoms with E-state index in [1.807, 2.05) is 12.1 Å². The second-order valence-corrected chi connectivity index (χ2v) is 5.86. The molecule has 3 heteroatoms. The molecule has 1 atom stereocenters. The lowest BCUT2D eigenvalue weighted by molar-refractivity contribution is -0.116. The molecule has 0 amide bonds. The largest absolute Gasteiger partial charge is 0.303 e. The Morgan fingerprint density at radius 2 is 1.71 bits per heavy atom. The molecular formula is C14H16Cl2O. The van der Waals surface area contributed by atoms with Crippen molar-refractivity contribution in [2.45, 2.75) is 38.5 Å². The van der Waals surface area contributed by atoms with Gasteiger partial charge in [0.1, 0.15) is 6.29 Å². The number of benzene rings is 1. The summed E-state index contributed by atoms with van der Waals surface area (Å²) in [5.41, 5.74) is 0.852. The Labute approximate surface area is 112 Å². The van der Waals surface area contributed by atoms with Crippen LogP contribution in [0.4, 0.5) is 0 Å². The van der Waals surface area contributed by atoms with Crippen molar-refractivity contribution in [2.24, 2.45) is 5.41 Å². The van der Waals surface area contributed by atoms with Gasteiger partial charge in [0.2, 0.25) is 0 Å². The number of carbonyl (C=O) groups is 1. The molecule has 0 aromatic heterocycles. The highest BCUT2D eigenvalue weighted by Gasteiger charge is 2.39. The van der Waals surface area contributed by atoms with Crippen molar-refractivity contribution in [2.75, 3.05) is 0 Å². The van der Waals surface area contributed by atoms with Crippen LogP contribution in [0.5, 0.6) is 0 Å². The van der Waals surface area contributed by atoms with E-state index in [0.717, 1.165) is 37.5 Å². The summed E-state index contributed by atoms with van der Waals surface area (Å²) in [5.74, 6) is 0.179. The van der Waals surface area contributed by atoms with Crippen LogP contribution in [0.15, 0.2) is 18.2 Å². The summed E-state index contributed by atoms with van der Waals surface area (Å²) in [6.07, 6.45) is 5.36. The molecule has 1 aliphatic rings. The van der Waals surface area contributed by atoms with E-state index in [1.165, 1.54) is 0 Å². The third-order valence-corrected chi connectivity index (χ3v) is 4.45. The summed E-state index contributed by atoms with van der Waals surface area (Å²) >= 11 is 12.0. The van der Waals surface area contributed by atoms with Gasteiger partial charge in [-0.1, -0.05) is 43.0 Å². The molecule has 92 valence electrons. The average molecular weight is 271 g/mol. The third kappa shape index (κ3) is 2.51. The first-order chi connectivity index (χ1) is 8.07. The van der Waals surface area contributed by atoms with Crippen molar-refractivity contribution in [3.05, 3.63) is 33.8 Å². The molecule has 1 aromatic rings. The summed E-state index contributed by atoms with van der Waals surface area (Å²) < 4.78 is 0. The monoisotopic (exact) mass is 270 g/mol. The number of halogens is 2. The summed E-state index contributed by atoms with van der Waals surface area (Å²) in [6.45, 7) is 2.10. The Bertz CT molecular complexity index is 402. The van der Waals surface area contributed by atoms with Gasteiger partial charge in [-0.25, -0.2) is 0 Å². The van der Waals surface area contributed by atoms with Crippen LogP contribution in [0.1, 0.15) is 44.1 Å². The molecule has 0 bridgehead atoms. The van der Waals surface area contributed by atoms with Gasteiger partial charge in [-0.05, 0) is 42.5 Å². The van der Waals surface area contributed by atoms with Crippen LogP contribution in [-0.2, 0) is 4.79 Å². The first kappa shape index (κ1) is 12.9. The van der Waals surface area contributed by atoms with Crippen LogP contribution >= 0.6 is 23.2 Å². The van der Waals surface area contributed by atoms with Crippen molar-refractivity contribution >= 4 is 29.5 Å². The Morgan fingerprint density at radius 1 is 1.18 bits per heavy atom. The second kappa shape index (κ2) is 4.99. The minimum absolute atomic E-state index is 0.179. The fourth-order valence-electron chi connectivity index (χ4n) is 2.84. The van der Waals surface area contributed by atoms with Gasteiger partial charge in [0.05, 0.1) is 0 Å². The van der Waals surface area contributed by atoms with Crippen molar-refractivity contribution in [1.82, 2.24) is 0 Å². The number of hydrogen-bond acceptors (Lipinski definition) is 1. The zero-order valence-electron chi connectivity index (χ0n) is 9.88. The molecule has 17 heavy (non-hydrogen) atoms. The Hall–Kier alpha value is -0.530. The van der Waals surface area contributed by atoms with Gasteiger partial charge in [-0.15, -0.1) is 0 Å². The van der Waals surface area contributed by atoms with Gasteiger partial charge < -0.3 is 4.79 Å². The van der Waals surface area contributed by atoms with Gasteiger partial charge >= 0.3 is 0 Å². The lowest BCUT2D eigenvalue weighted by Gasteiger charge is -2.30. The summed E-state index contributed by atoms with van der Waals surface area (Å²) in [6, 6.07) is 5.56. The minimum Gasteiger partial charge on any atom is -0.303 e. The normalized spacial score (nSPS) is 20.2. The maximum atomic E-state index is 11.4. The van der Waals surface area contributed by atoms with Crippen LogP contribution in [-0.4, -0.2) is 6.29 Å². The van der Waals surface area contributed by atoms with Crippen LogP contribution < -0.4 is 0 Å². The molecule has 0 aliphatic heterocycles. The van der Waals surface area contributed by atoms with Crippen LogP contribution in [0.2, 0.25) is 10.0 Å². The fourth-order valence-corrected chi connectivity index (χ4v) is 3.39. The third-order valence-electron chi connectivity index (χ3n) is 4.02. The first-order valence-electron chi connectivity index (χ1n) is 6.00. The van der Waals surface area contributed by atoms with E-state index in [-0.39, 0.29) is 11.3 Å². The predicted octanol–water partition coefficient (Wildman–Crippen LogP) is 4.86. The topological polar surface area (TPSA) is 17.1 Å². The Kier molecular flexibility index (Phi) is 3.79. The molecule has 0 spiro atoms. The molecular weight excluding hydrogens is 255 g/mol. The lowest BCUT2D eigenvalue weighted by Crippen LogP contribution is -2.25. The average Bonchev–Trinajstić information content (AvgIpc) is 2.76. The maximum Gasteiger partial charge on any atom is 0.126 e. The molecule has 1 aromatic carbocycles. The maximum absolute atomic E-state index is 11.4. The van der Waals surface area contributed by atoms with E-state index in [9.17, 15) is 4.79 Å². The highest BCUT2D eigenvalue weighted by Crippen LogP contribution is 2.47. The molecule has 1 nitrogen and oxygen atoms in total. The van der Waals surface area contributed by atoms with E-state index in [0.29, 0.717) is 10.0 Å². The number of aldehydes is 1. The van der Waals surface area contributed by atoms with Gasteiger partial charge in [-0.2, -0.15) is 0 Å². The molecule has 0 saturated heterocycles. The molecule has 1 unspecified atom stereocenters. The molecule has 1 fully saturated rings. The first-order valence-corrected chi connectivity index (χ1v) is 6.75. The predicted molar refractivity (Wildman–Crippen MR) is 71.8 cm³/mol. The SMILES string of the molecule is CC(c1cc(Cl)cc(Cl)c1)C1(C=O)CCCC1. The van der Waals surface area contributed by atoms with Crippen molar-refractivity contribution < 1.29 is 4.79 Å². The van der Waals surface area contributed by atoms with Crippen LogP contribution in [0, 0.1) is 5.41 Å². The minimum atomic E-state index is -0.214. The van der Waals surface area contributed by atoms with E-state index < -0.39 is 0 Å². The smallest absolute Gasteiger partial charge is 0.126 e. The van der Waals surface area contributed by atoms with Crippen molar-refractivity contribution in [3.8, 4) is 0 Å². The van der Waals surface area contributed by atoms with Gasteiger partial charge in [-0.3, -0.25) is 0 Å². The molecule has 1 aliphatic carbocycles. The molecule has 0 N–H and O–H groups in total. The highest BCUT2D eigenvalue weighted by molar-refractivity contribution is 6.34. The van der Waals surface area contributed by atoms with Crippen molar-refractivity contribution in [1.29, 1.82) is 0 Å². The van der Waals surface area contributed by atoms with Crippen molar-refractivity contribution in [3.63, 3.8) is 0 Å². The number of rotatable bonds is 3. The van der Waals surface area contributed by atoms with E-state index in [1.54, 1.807) is 6.07 Å². The number of carbonyl (C=O) groups excluding carboxylic acids is 1. The standard InChI is InChI=1S/C14H16Cl2O/c1-10(14(9-17)4-2-3-5-14)11-6-12(15)8-13(16)7-11/h6-10H,2-5H2,1H3. The Balaban J connectivity index is 2.35. The highest BCUT2D eigenvalue weighted by atomic mass is 35.5. The zero-order chi connectivity index (χ0) is 12.5. The van der Waals surface area contributed by atoms with E-state index >= 15 is 0 Å². The quantitative estimate of drug-likeness (QED) is 0.718. The zero-order valence-corrected chi connectivity index (χ0v) is 11.4. The van der Waals surface area contributed by atoms with Gasteiger partial charge in [0, 0.05) is 15.5 Å². The lowest BCUT2D eigenvalue weighted by atomic mass is 9.73. The molecule has 0 heterocycles. The second-order valence-electron chi connectivity index (χ2n) is 4.98. The van der Waals surface area contributed by atoms with E-state index in [4.69, 9.17) is 23.2 Å². The number of hydrogen-bond donors (Lipinski definition) is 0. The van der Waals surface area contributed by atoms with Gasteiger partial charge in [0.25, 0.3) is 0 Å². The Morgan fingerprint density at radius 3 is 2.18 bits per heavy atom. The summed E-state index contributed by atoms with van der Waals surface area (Å²) in [7, 11) is 0. The fraction of sp³-hybridized carbons (Fsp3) is 0.500. The van der Waals surface area contributed by atoms with Gasteiger partial charge in [0.15, 0.2) is 0 Å². The molecule has 2 rings (SSSR count). The summed E-state index contributed by atoms with van der Waals surface area (Å²) in [5, 5.41) is 1.27. The van der Waals surface area contributed by atoms with E-state index in [2.05, 4.69) is 6.92 Å². The van der Waals surface area contributed by atoms with Crippen LogP contribution in [0.3, 0.4) is 0 Å².